The van der Waals surface area contributed by atoms with Crippen molar-refractivity contribution in [1.82, 2.24) is 5.32 Å². The lowest BCUT2D eigenvalue weighted by Gasteiger charge is -2.07. The molecule has 0 aliphatic heterocycles. The van der Waals surface area contributed by atoms with Crippen LogP contribution < -0.4 is 10.1 Å². The second kappa shape index (κ2) is 8.89. The lowest BCUT2D eigenvalue weighted by molar-refractivity contribution is -0.142. The van der Waals surface area contributed by atoms with Gasteiger partial charge in [-0.25, -0.2) is 0 Å². The van der Waals surface area contributed by atoms with Crippen LogP contribution in [0.1, 0.15) is 30.1 Å². The predicted octanol–water partition coefficient (Wildman–Crippen LogP) is 2.36. The van der Waals surface area contributed by atoms with E-state index in [0.717, 1.165) is 12.8 Å². The third-order valence-electron chi connectivity index (χ3n) is 2.50. The Hall–Kier alpha value is -2.18. The van der Waals surface area contributed by atoms with Crippen LogP contribution >= 0.6 is 0 Å². The summed E-state index contributed by atoms with van der Waals surface area (Å²) in [4.78, 5) is 23.0. The zero-order valence-electron chi connectivity index (χ0n) is 11.6. The molecule has 1 N–H and O–H groups in total. The molecule has 7 heteroatoms. The zero-order chi connectivity index (χ0) is 15.7. The second-order valence-corrected chi connectivity index (χ2v) is 4.16. The molecule has 21 heavy (non-hydrogen) atoms. The van der Waals surface area contributed by atoms with Crippen LogP contribution in [0.15, 0.2) is 24.3 Å². The van der Waals surface area contributed by atoms with Gasteiger partial charge in [-0.05, 0) is 30.7 Å². The quantitative estimate of drug-likeness (QED) is 0.591. The van der Waals surface area contributed by atoms with E-state index < -0.39 is 18.5 Å². The number of ether oxygens (including phenoxy) is 2. The highest BCUT2D eigenvalue weighted by molar-refractivity contribution is 5.95. The summed E-state index contributed by atoms with van der Waals surface area (Å²) >= 11 is 0. The molecule has 5 nitrogen and oxygen atoms in total. The maximum Gasteiger partial charge on any atom is 0.387 e. The summed E-state index contributed by atoms with van der Waals surface area (Å²) in [5.74, 6) is -1.05. The van der Waals surface area contributed by atoms with Crippen molar-refractivity contribution >= 4 is 11.9 Å². The van der Waals surface area contributed by atoms with Crippen LogP contribution in [-0.4, -0.2) is 31.6 Å². The molecule has 0 spiro atoms. The molecule has 1 amide bonds. The molecule has 0 aliphatic rings. The summed E-state index contributed by atoms with van der Waals surface area (Å²) < 4.78 is 33.0. The maximum atomic E-state index is 12.0. The monoisotopic (exact) mass is 301 g/mol. The lowest BCUT2D eigenvalue weighted by Crippen LogP contribution is -2.30. The summed E-state index contributed by atoms with van der Waals surface area (Å²) in [6.45, 7) is -0.859. The highest BCUT2D eigenvalue weighted by Crippen LogP contribution is 2.14. The Morgan fingerprint density at radius 1 is 1.24 bits per heavy atom. The Bertz CT molecular complexity index is 463. The first-order valence-corrected chi connectivity index (χ1v) is 6.51. The average Bonchev–Trinajstić information content (AvgIpc) is 2.45. The molecule has 0 saturated carbocycles. The number of rotatable bonds is 8. The molecule has 1 rings (SSSR count). The smallest absolute Gasteiger partial charge is 0.387 e. The molecule has 0 fully saturated rings. The van der Waals surface area contributed by atoms with Gasteiger partial charge in [0.2, 0.25) is 0 Å². The van der Waals surface area contributed by atoms with Crippen LogP contribution in [0.3, 0.4) is 0 Å². The molecule has 0 aromatic heterocycles. The van der Waals surface area contributed by atoms with Crippen molar-refractivity contribution in [1.29, 1.82) is 0 Å². The number of hydrogen-bond acceptors (Lipinski definition) is 4. The Morgan fingerprint density at radius 2 is 1.90 bits per heavy atom. The van der Waals surface area contributed by atoms with Crippen molar-refractivity contribution in [3.8, 4) is 5.75 Å². The molecule has 0 unspecified atom stereocenters. The Kier molecular flexibility index (Phi) is 7.14. The molecule has 0 heterocycles. The molecule has 1 aromatic carbocycles. The summed E-state index contributed by atoms with van der Waals surface area (Å²) in [6, 6.07) is 5.16. The first-order valence-electron chi connectivity index (χ1n) is 6.51. The van der Waals surface area contributed by atoms with Crippen molar-refractivity contribution in [3.05, 3.63) is 29.8 Å². The Morgan fingerprint density at radius 3 is 2.48 bits per heavy atom. The van der Waals surface area contributed by atoms with Crippen molar-refractivity contribution in [3.63, 3.8) is 0 Å². The van der Waals surface area contributed by atoms with Crippen molar-refractivity contribution in [2.75, 3.05) is 13.2 Å². The van der Waals surface area contributed by atoms with E-state index in [0.29, 0.717) is 6.61 Å². The number of amides is 1. The largest absolute Gasteiger partial charge is 0.464 e. The number of unbranched alkanes of at least 4 members (excludes halogenated alkanes) is 1. The minimum absolute atomic E-state index is 0.0412. The van der Waals surface area contributed by atoms with Crippen molar-refractivity contribution in [2.45, 2.75) is 26.4 Å². The van der Waals surface area contributed by atoms with Crippen LogP contribution in [0.5, 0.6) is 5.75 Å². The van der Waals surface area contributed by atoms with E-state index in [1.165, 1.54) is 24.3 Å². The van der Waals surface area contributed by atoms with Gasteiger partial charge >= 0.3 is 12.6 Å². The summed E-state index contributed by atoms with van der Waals surface area (Å²) in [5.41, 5.74) is 0.234. The van der Waals surface area contributed by atoms with Gasteiger partial charge in [0, 0.05) is 5.56 Å². The van der Waals surface area contributed by atoms with Crippen LogP contribution in [0.2, 0.25) is 0 Å². The Balaban J connectivity index is 2.39. The van der Waals surface area contributed by atoms with Gasteiger partial charge in [-0.3, -0.25) is 9.59 Å². The van der Waals surface area contributed by atoms with Crippen LogP contribution in [0.4, 0.5) is 8.78 Å². The molecular formula is C14H17F2NO4. The number of hydrogen-bond donors (Lipinski definition) is 1. The number of esters is 1. The molecule has 0 aliphatic carbocycles. The van der Waals surface area contributed by atoms with Gasteiger partial charge in [0.15, 0.2) is 0 Å². The van der Waals surface area contributed by atoms with Crippen LogP contribution in [0.25, 0.3) is 0 Å². The molecule has 0 saturated heterocycles. The summed E-state index contributed by atoms with van der Waals surface area (Å²) in [6.07, 6.45) is 1.68. The molecule has 0 atom stereocenters. The number of carbonyl (C=O) groups is 2. The molecule has 0 bridgehead atoms. The number of benzene rings is 1. The van der Waals surface area contributed by atoms with Crippen molar-refractivity contribution < 1.29 is 27.8 Å². The summed E-state index contributed by atoms with van der Waals surface area (Å²) in [5, 5.41) is 2.38. The Labute approximate surface area is 121 Å². The lowest BCUT2D eigenvalue weighted by atomic mass is 10.2. The van der Waals surface area contributed by atoms with E-state index in [9.17, 15) is 18.4 Å². The average molecular weight is 301 g/mol. The number of alkyl halides is 2. The highest BCUT2D eigenvalue weighted by atomic mass is 19.3. The molecular weight excluding hydrogens is 284 g/mol. The fourth-order valence-electron chi connectivity index (χ4n) is 1.42. The second-order valence-electron chi connectivity index (χ2n) is 4.16. The number of nitrogens with one attached hydrogen (secondary N) is 1. The normalized spacial score (nSPS) is 10.3. The predicted molar refractivity (Wildman–Crippen MR) is 71.3 cm³/mol. The van der Waals surface area contributed by atoms with E-state index in [2.05, 4.69) is 10.1 Å². The van der Waals surface area contributed by atoms with Gasteiger partial charge in [0.1, 0.15) is 12.3 Å². The van der Waals surface area contributed by atoms with Gasteiger partial charge in [-0.15, -0.1) is 0 Å². The SMILES string of the molecule is CCCCOC(=O)CNC(=O)c1ccc(OC(F)F)cc1. The van der Waals surface area contributed by atoms with E-state index in [1.807, 2.05) is 6.92 Å². The van der Waals surface area contributed by atoms with Crippen molar-refractivity contribution in [2.24, 2.45) is 0 Å². The molecule has 0 radical (unpaired) electrons. The fraction of sp³-hybridized carbons (Fsp3) is 0.429. The van der Waals surface area contributed by atoms with E-state index in [4.69, 9.17) is 4.74 Å². The van der Waals surface area contributed by atoms with E-state index >= 15 is 0 Å². The molecule has 1 aromatic rings. The topological polar surface area (TPSA) is 64.6 Å². The minimum Gasteiger partial charge on any atom is -0.464 e. The molecule has 116 valence electrons. The third kappa shape index (κ3) is 6.69. The standard InChI is InChI=1S/C14H17F2NO4/c1-2-3-8-20-12(18)9-17-13(19)10-4-6-11(7-5-10)21-14(15)16/h4-7,14H,2-3,8-9H2,1H3,(H,17,19). The first-order chi connectivity index (χ1) is 10.0. The fourth-order valence-corrected chi connectivity index (χ4v) is 1.42. The minimum atomic E-state index is -2.91. The van der Waals surface area contributed by atoms with E-state index in [1.54, 1.807) is 0 Å². The van der Waals surface area contributed by atoms with Crippen LogP contribution in [-0.2, 0) is 9.53 Å². The summed E-state index contributed by atoms with van der Waals surface area (Å²) in [7, 11) is 0. The number of halogens is 2. The first kappa shape index (κ1) is 16.9. The van der Waals surface area contributed by atoms with Gasteiger partial charge in [0.25, 0.3) is 5.91 Å². The maximum absolute atomic E-state index is 12.0. The van der Waals surface area contributed by atoms with Gasteiger partial charge < -0.3 is 14.8 Å². The van der Waals surface area contributed by atoms with Gasteiger partial charge in [0.05, 0.1) is 6.61 Å². The van der Waals surface area contributed by atoms with Gasteiger partial charge in [-0.2, -0.15) is 8.78 Å². The number of carbonyl (C=O) groups excluding carboxylic acids is 2. The van der Waals surface area contributed by atoms with Gasteiger partial charge in [-0.1, -0.05) is 13.3 Å². The highest BCUT2D eigenvalue weighted by Gasteiger charge is 2.10. The van der Waals surface area contributed by atoms with Crippen LogP contribution in [0, 0.1) is 0 Å². The van der Waals surface area contributed by atoms with E-state index in [-0.39, 0.29) is 17.9 Å². The zero-order valence-corrected chi connectivity index (χ0v) is 11.6. The third-order valence-corrected chi connectivity index (χ3v) is 2.50.